The van der Waals surface area contributed by atoms with Crippen molar-refractivity contribution in [3.8, 4) is 11.4 Å². The molecule has 3 aromatic heterocycles. The van der Waals surface area contributed by atoms with Gasteiger partial charge in [-0.3, -0.25) is 24.4 Å². The van der Waals surface area contributed by atoms with Crippen molar-refractivity contribution in [3.63, 3.8) is 0 Å². The van der Waals surface area contributed by atoms with E-state index >= 15 is 0 Å². The summed E-state index contributed by atoms with van der Waals surface area (Å²) in [4.78, 5) is 52.5. The molecule has 170 valence electrons. The minimum absolute atomic E-state index is 0.105. The molecule has 9 nitrogen and oxygen atoms in total. The minimum atomic E-state index is -0.275. The van der Waals surface area contributed by atoms with Gasteiger partial charge < -0.3 is 15.6 Å². The number of nitrogens with one attached hydrogen (secondary N) is 3. The molecule has 0 atom stereocenters. The van der Waals surface area contributed by atoms with Gasteiger partial charge in [0.1, 0.15) is 5.82 Å². The van der Waals surface area contributed by atoms with E-state index in [1.54, 1.807) is 80.2 Å². The van der Waals surface area contributed by atoms with Crippen LogP contribution in [0, 0.1) is 6.92 Å². The SMILES string of the molecule is Cc1nc(-c2ccncc2)[nH]c(=O)c1CCC(=O)Nc1cccc(NC(=O)c2ccncc2)c1. The molecule has 0 bridgehead atoms. The molecule has 0 saturated heterocycles. The standard InChI is InChI=1S/C25H22N6O3/c1-16-21(25(34)31-23(28-16)17-7-11-26-12-8-17)5-6-22(32)29-19-3-2-4-20(15-19)30-24(33)18-9-13-27-14-10-18/h2-4,7-15H,5-6H2,1H3,(H,29,32)(H,30,33)(H,28,31,34). The van der Waals surface area contributed by atoms with Gasteiger partial charge in [-0.1, -0.05) is 6.07 Å². The lowest BCUT2D eigenvalue weighted by Crippen LogP contribution is -2.20. The lowest BCUT2D eigenvalue weighted by Gasteiger charge is -2.10. The molecular weight excluding hydrogens is 432 g/mol. The third kappa shape index (κ3) is 5.57. The molecule has 1 aromatic carbocycles. The zero-order valence-corrected chi connectivity index (χ0v) is 18.4. The van der Waals surface area contributed by atoms with Crippen LogP contribution in [-0.2, 0) is 11.2 Å². The number of H-pyrrole nitrogens is 1. The number of pyridine rings is 2. The number of hydrogen-bond donors (Lipinski definition) is 3. The molecule has 0 fully saturated rings. The van der Waals surface area contributed by atoms with Crippen molar-refractivity contribution in [2.75, 3.05) is 10.6 Å². The molecule has 3 heterocycles. The highest BCUT2D eigenvalue weighted by atomic mass is 16.2. The molecule has 0 aliphatic carbocycles. The Bertz CT molecular complexity index is 1370. The lowest BCUT2D eigenvalue weighted by atomic mass is 10.1. The Morgan fingerprint density at radius 3 is 2.24 bits per heavy atom. The molecule has 0 radical (unpaired) electrons. The maximum atomic E-state index is 12.6. The fourth-order valence-electron chi connectivity index (χ4n) is 3.39. The van der Waals surface area contributed by atoms with Crippen molar-refractivity contribution in [1.29, 1.82) is 0 Å². The number of nitrogens with zero attached hydrogens (tertiary/aromatic N) is 3. The summed E-state index contributed by atoms with van der Waals surface area (Å²) in [5.41, 5.74) is 3.09. The topological polar surface area (TPSA) is 130 Å². The summed E-state index contributed by atoms with van der Waals surface area (Å²) in [6.07, 6.45) is 6.69. The molecule has 0 spiro atoms. The highest BCUT2D eigenvalue weighted by molar-refractivity contribution is 6.04. The van der Waals surface area contributed by atoms with Crippen LogP contribution in [0.25, 0.3) is 11.4 Å². The van der Waals surface area contributed by atoms with Gasteiger partial charge in [0, 0.05) is 65.0 Å². The predicted molar refractivity (Wildman–Crippen MR) is 128 cm³/mol. The van der Waals surface area contributed by atoms with E-state index in [1.165, 1.54) is 0 Å². The maximum Gasteiger partial charge on any atom is 0.255 e. The molecule has 4 rings (SSSR count). The van der Waals surface area contributed by atoms with Gasteiger partial charge in [-0.05, 0) is 55.8 Å². The zero-order chi connectivity index (χ0) is 23.9. The summed E-state index contributed by atoms with van der Waals surface area (Å²) in [6.45, 7) is 1.75. The van der Waals surface area contributed by atoms with Gasteiger partial charge in [0.25, 0.3) is 11.5 Å². The number of carbonyl (C=O) groups excluding carboxylic acids is 2. The Morgan fingerprint density at radius 2 is 1.56 bits per heavy atom. The molecular formula is C25H22N6O3. The van der Waals surface area contributed by atoms with Gasteiger partial charge in [0.05, 0.1) is 0 Å². The van der Waals surface area contributed by atoms with Gasteiger partial charge in [0.15, 0.2) is 0 Å². The fourth-order valence-corrected chi connectivity index (χ4v) is 3.39. The number of aryl methyl sites for hydroxylation is 1. The number of carbonyl (C=O) groups is 2. The van der Waals surface area contributed by atoms with E-state index in [0.29, 0.717) is 34.0 Å². The highest BCUT2D eigenvalue weighted by Crippen LogP contribution is 2.17. The second kappa shape index (κ2) is 10.3. The highest BCUT2D eigenvalue weighted by Gasteiger charge is 2.12. The van der Waals surface area contributed by atoms with Crippen LogP contribution in [0.4, 0.5) is 11.4 Å². The average molecular weight is 454 g/mol. The summed E-state index contributed by atoms with van der Waals surface area (Å²) in [7, 11) is 0. The van der Waals surface area contributed by atoms with E-state index in [0.717, 1.165) is 5.56 Å². The predicted octanol–water partition coefficient (Wildman–Crippen LogP) is 3.36. The Labute approximate surface area is 195 Å². The number of aromatic nitrogens is 4. The molecule has 4 aromatic rings. The number of rotatable bonds is 7. The number of benzene rings is 1. The van der Waals surface area contributed by atoms with Crippen LogP contribution < -0.4 is 16.2 Å². The normalized spacial score (nSPS) is 10.5. The average Bonchev–Trinajstić information content (AvgIpc) is 2.84. The van der Waals surface area contributed by atoms with Crippen LogP contribution in [0.2, 0.25) is 0 Å². The van der Waals surface area contributed by atoms with E-state index in [4.69, 9.17) is 0 Å². The number of hydrogen-bond acceptors (Lipinski definition) is 6. The van der Waals surface area contributed by atoms with Crippen molar-refractivity contribution in [3.05, 3.63) is 100 Å². The number of anilines is 2. The summed E-state index contributed by atoms with van der Waals surface area (Å²) >= 11 is 0. The van der Waals surface area contributed by atoms with Crippen LogP contribution >= 0.6 is 0 Å². The first-order chi connectivity index (χ1) is 16.5. The van der Waals surface area contributed by atoms with E-state index in [-0.39, 0.29) is 30.2 Å². The molecule has 9 heteroatoms. The fraction of sp³-hybridized carbons (Fsp3) is 0.120. The minimum Gasteiger partial charge on any atom is -0.326 e. The monoisotopic (exact) mass is 454 g/mol. The van der Waals surface area contributed by atoms with Crippen LogP contribution in [0.1, 0.15) is 28.0 Å². The van der Waals surface area contributed by atoms with Gasteiger partial charge in [-0.2, -0.15) is 0 Å². The maximum absolute atomic E-state index is 12.6. The van der Waals surface area contributed by atoms with Gasteiger partial charge in [-0.25, -0.2) is 4.98 Å². The molecule has 0 aliphatic rings. The smallest absolute Gasteiger partial charge is 0.255 e. The second-order valence-electron chi connectivity index (χ2n) is 7.53. The Kier molecular flexibility index (Phi) is 6.83. The van der Waals surface area contributed by atoms with Crippen molar-refractivity contribution in [2.45, 2.75) is 19.8 Å². The van der Waals surface area contributed by atoms with Crippen molar-refractivity contribution >= 4 is 23.2 Å². The van der Waals surface area contributed by atoms with Gasteiger partial charge >= 0.3 is 0 Å². The van der Waals surface area contributed by atoms with E-state index < -0.39 is 0 Å². The number of amides is 2. The van der Waals surface area contributed by atoms with Gasteiger partial charge in [0.2, 0.25) is 5.91 Å². The van der Waals surface area contributed by atoms with Crippen molar-refractivity contribution in [2.24, 2.45) is 0 Å². The Morgan fingerprint density at radius 1 is 0.912 bits per heavy atom. The third-order valence-electron chi connectivity index (χ3n) is 5.12. The quantitative estimate of drug-likeness (QED) is 0.393. The van der Waals surface area contributed by atoms with Crippen LogP contribution in [0.3, 0.4) is 0 Å². The molecule has 34 heavy (non-hydrogen) atoms. The first-order valence-electron chi connectivity index (χ1n) is 10.6. The zero-order valence-electron chi connectivity index (χ0n) is 18.4. The Hall–Kier alpha value is -4.66. The molecule has 0 saturated carbocycles. The summed E-state index contributed by atoms with van der Waals surface area (Å²) < 4.78 is 0. The molecule has 0 unspecified atom stereocenters. The molecule has 2 amide bonds. The van der Waals surface area contributed by atoms with E-state index in [2.05, 4.69) is 30.6 Å². The first kappa shape index (κ1) is 22.5. The second-order valence-corrected chi connectivity index (χ2v) is 7.53. The van der Waals surface area contributed by atoms with Crippen molar-refractivity contribution < 1.29 is 9.59 Å². The lowest BCUT2D eigenvalue weighted by molar-refractivity contribution is -0.116. The van der Waals surface area contributed by atoms with E-state index in [9.17, 15) is 14.4 Å². The summed E-state index contributed by atoms with van der Waals surface area (Å²) in [5, 5.41) is 5.59. The Balaban J connectivity index is 1.38. The van der Waals surface area contributed by atoms with Crippen molar-refractivity contribution in [1.82, 2.24) is 19.9 Å². The first-order valence-corrected chi connectivity index (χ1v) is 10.6. The van der Waals surface area contributed by atoms with Crippen LogP contribution in [0.15, 0.2) is 78.1 Å². The summed E-state index contributed by atoms with van der Waals surface area (Å²) in [5.74, 6) is -0.0679. The molecule has 0 aliphatic heterocycles. The third-order valence-corrected chi connectivity index (χ3v) is 5.12. The van der Waals surface area contributed by atoms with Crippen LogP contribution in [0.5, 0.6) is 0 Å². The summed E-state index contributed by atoms with van der Waals surface area (Å²) in [6, 6.07) is 13.6. The van der Waals surface area contributed by atoms with E-state index in [1.807, 2.05) is 0 Å². The number of aromatic amines is 1. The largest absolute Gasteiger partial charge is 0.326 e. The molecule has 3 N–H and O–H groups in total. The van der Waals surface area contributed by atoms with Crippen LogP contribution in [-0.4, -0.2) is 31.8 Å². The van der Waals surface area contributed by atoms with Gasteiger partial charge in [-0.15, -0.1) is 0 Å².